The Morgan fingerprint density at radius 1 is 1.44 bits per heavy atom. The van der Waals surface area contributed by atoms with Crippen molar-refractivity contribution in [2.75, 3.05) is 7.11 Å². The van der Waals surface area contributed by atoms with Crippen molar-refractivity contribution in [1.82, 2.24) is 5.32 Å². The number of nitrogens with two attached hydrogens (primary N) is 1. The van der Waals surface area contributed by atoms with E-state index in [1.807, 2.05) is 24.3 Å². The highest BCUT2D eigenvalue weighted by Crippen LogP contribution is 2.12. The third-order valence-corrected chi connectivity index (χ3v) is 2.66. The van der Waals surface area contributed by atoms with Gasteiger partial charge in [0.15, 0.2) is 0 Å². The van der Waals surface area contributed by atoms with E-state index in [2.05, 4.69) is 19.2 Å². The molecule has 0 saturated heterocycles. The fraction of sp³-hybridized carbons (Fsp3) is 0.500. The van der Waals surface area contributed by atoms with Crippen molar-refractivity contribution in [3.05, 3.63) is 29.8 Å². The van der Waals surface area contributed by atoms with Gasteiger partial charge in [-0.05, 0) is 30.0 Å². The van der Waals surface area contributed by atoms with Crippen molar-refractivity contribution in [2.24, 2.45) is 11.7 Å². The maximum absolute atomic E-state index is 11.7. The fourth-order valence-corrected chi connectivity index (χ4v) is 1.72. The molecule has 0 saturated carbocycles. The molecule has 18 heavy (non-hydrogen) atoms. The summed E-state index contributed by atoms with van der Waals surface area (Å²) in [7, 11) is 1.62. The maximum Gasteiger partial charge on any atom is 0.237 e. The quantitative estimate of drug-likeness (QED) is 0.807. The molecule has 1 aromatic carbocycles. The molecular formula is C14H22N2O2. The molecule has 3 N–H and O–H groups in total. The number of carbonyl (C=O) groups excluding carboxylic acids is 1. The molecule has 0 aliphatic carbocycles. The number of ether oxygens (including phenoxy) is 1. The number of hydrogen-bond donors (Lipinski definition) is 2. The number of methoxy groups -OCH3 is 1. The zero-order valence-electron chi connectivity index (χ0n) is 11.3. The Bertz CT molecular complexity index is 391. The van der Waals surface area contributed by atoms with Crippen LogP contribution in [0.3, 0.4) is 0 Å². The second-order valence-corrected chi connectivity index (χ2v) is 4.81. The molecule has 0 bridgehead atoms. The molecule has 0 fully saturated rings. The van der Waals surface area contributed by atoms with Gasteiger partial charge in [0, 0.05) is 6.54 Å². The maximum atomic E-state index is 11.7. The smallest absolute Gasteiger partial charge is 0.237 e. The lowest BCUT2D eigenvalue weighted by Gasteiger charge is -2.14. The molecule has 1 atom stereocenters. The van der Waals surface area contributed by atoms with E-state index >= 15 is 0 Å². The molecular weight excluding hydrogens is 228 g/mol. The van der Waals surface area contributed by atoms with Gasteiger partial charge in [0.1, 0.15) is 5.75 Å². The number of amides is 1. The van der Waals surface area contributed by atoms with Crippen molar-refractivity contribution < 1.29 is 9.53 Å². The van der Waals surface area contributed by atoms with E-state index in [0.29, 0.717) is 18.9 Å². The predicted octanol–water partition coefficient (Wildman–Crippen LogP) is 1.68. The first kappa shape index (κ1) is 14.5. The summed E-state index contributed by atoms with van der Waals surface area (Å²) in [6, 6.07) is 7.17. The van der Waals surface area contributed by atoms with E-state index in [9.17, 15) is 4.79 Å². The molecule has 0 spiro atoms. The number of benzene rings is 1. The fourth-order valence-electron chi connectivity index (χ4n) is 1.72. The van der Waals surface area contributed by atoms with Crippen LogP contribution in [-0.2, 0) is 11.3 Å². The van der Waals surface area contributed by atoms with Gasteiger partial charge in [-0.15, -0.1) is 0 Å². The van der Waals surface area contributed by atoms with Crippen LogP contribution in [-0.4, -0.2) is 19.1 Å². The topological polar surface area (TPSA) is 64.3 Å². The molecule has 0 unspecified atom stereocenters. The zero-order valence-corrected chi connectivity index (χ0v) is 11.3. The van der Waals surface area contributed by atoms with Crippen LogP contribution in [0.25, 0.3) is 0 Å². The van der Waals surface area contributed by atoms with Crippen LogP contribution in [0.15, 0.2) is 24.3 Å². The molecule has 1 aromatic rings. The summed E-state index contributed by atoms with van der Waals surface area (Å²) >= 11 is 0. The van der Waals surface area contributed by atoms with Crippen LogP contribution in [0.2, 0.25) is 0 Å². The van der Waals surface area contributed by atoms with Gasteiger partial charge in [0.05, 0.1) is 13.2 Å². The largest absolute Gasteiger partial charge is 0.497 e. The standard InChI is InChI=1S/C14H22N2O2/c1-10(2)7-13(15)14(17)16-9-11-5-4-6-12(8-11)18-3/h4-6,8,10,13H,7,9,15H2,1-3H3,(H,16,17)/t13-/m1/s1. The summed E-state index contributed by atoms with van der Waals surface area (Å²) in [6.45, 7) is 4.58. The van der Waals surface area contributed by atoms with E-state index < -0.39 is 6.04 Å². The lowest BCUT2D eigenvalue weighted by Crippen LogP contribution is -2.41. The SMILES string of the molecule is COc1cccc(CNC(=O)[C@H](N)CC(C)C)c1. The van der Waals surface area contributed by atoms with E-state index in [4.69, 9.17) is 10.5 Å². The Morgan fingerprint density at radius 2 is 2.17 bits per heavy atom. The van der Waals surface area contributed by atoms with Crippen LogP contribution in [0.1, 0.15) is 25.8 Å². The van der Waals surface area contributed by atoms with Gasteiger partial charge in [-0.1, -0.05) is 26.0 Å². The van der Waals surface area contributed by atoms with Gasteiger partial charge < -0.3 is 15.8 Å². The minimum Gasteiger partial charge on any atom is -0.497 e. The van der Waals surface area contributed by atoms with Gasteiger partial charge in [-0.25, -0.2) is 0 Å². The molecule has 100 valence electrons. The number of rotatable bonds is 6. The second-order valence-electron chi connectivity index (χ2n) is 4.81. The third-order valence-electron chi connectivity index (χ3n) is 2.66. The highest BCUT2D eigenvalue weighted by atomic mass is 16.5. The normalized spacial score (nSPS) is 12.3. The lowest BCUT2D eigenvalue weighted by molar-refractivity contribution is -0.122. The summed E-state index contributed by atoms with van der Waals surface area (Å²) in [4.78, 5) is 11.7. The van der Waals surface area contributed by atoms with Gasteiger partial charge in [0.2, 0.25) is 5.91 Å². The number of nitrogens with one attached hydrogen (secondary N) is 1. The molecule has 0 heterocycles. The number of hydrogen-bond acceptors (Lipinski definition) is 3. The van der Waals surface area contributed by atoms with Gasteiger partial charge >= 0.3 is 0 Å². The van der Waals surface area contributed by atoms with E-state index in [1.165, 1.54) is 0 Å². The second kappa shape index (κ2) is 7.01. The van der Waals surface area contributed by atoms with Crippen molar-refractivity contribution >= 4 is 5.91 Å². The van der Waals surface area contributed by atoms with Crippen LogP contribution >= 0.6 is 0 Å². The summed E-state index contributed by atoms with van der Waals surface area (Å²) in [5.74, 6) is 1.10. The first-order chi connectivity index (χ1) is 8.52. The Balaban J connectivity index is 2.46. The minimum absolute atomic E-state index is 0.105. The van der Waals surface area contributed by atoms with Gasteiger partial charge in [0.25, 0.3) is 0 Å². The Morgan fingerprint density at radius 3 is 2.78 bits per heavy atom. The van der Waals surface area contributed by atoms with Crippen molar-refractivity contribution in [2.45, 2.75) is 32.9 Å². The Hall–Kier alpha value is -1.55. The van der Waals surface area contributed by atoms with E-state index in [1.54, 1.807) is 7.11 Å². The zero-order chi connectivity index (χ0) is 13.5. The van der Waals surface area contributed by atoms with E-state index in [-0.39, 0.29) is 5.91 Å². The third kappa shape index (κ3) is 4.75. The van der Waals surface area contributed by atoms with E-state index in [0.717, 1.165) is 11.3 Å². The minimum atomic E-state index is -0.435. The van der Waals surface area contributed by atoms with Crippen molar-refractivity contribution in [3.8, 4) is 5.75 Å². The Labute approximate surface area is 109 Å². The molecule has 1 rings (SSSR count). The Kier molecular flexibility index (Phi) is 5.65. The lowest BCUT2D eigenvalue weighted by atomic mass is 10.0. The first-order valence-corrected chi connectivity index (χ1v) is 6.19. The first-order valence-electron chi connectivity index (χ1n) is 6.19. The van der Waals surface area contributed by atoms with Gasteiger partial charge in [-0.3, -0.25) is 4.79 Å². The molecule has 0 aliphatic heterocycles. The average molecular weight is 250 g/mol. The summed E-state index contributed by atoms with van der Waals surface area (Å²) in [5.41, 5.74) is 6.80. The summed E-state index contributed by atoms with van der Waals surface area (Å²) in [6.07, 6.45) is 0.698. The molecule has 0 aromatic heterocycles. The molecule has 4 nitrogen and oxygen atoms in total. The van der Waals surface area contributed by atoms with Crippen LogP contribution in [0, 0.1) is 5.92 Å². The van der Waals surface area contributed by atoms with Crippen LogP contribution in [0.5, 0.6) is 5.75 Å². The summed E-state index contributed by atoms with van der Waals surface area (Å²) < 4.78 is 5.12. The predicted molar refractivity (Wildman–Crippen MR) is 72.3 cm³/mol. The average Bonchev–Trinajstić information content (AvgIpc) is 2.35. The highest BCUT2D eigenvalue weighted by molar-refractivity contribution is 5.81. The molecule has 4 heteroatoms. The van der Waals surface area contributed by atoms with Crippen LogP contribution in [0.4, 0.5) is 0 Å². The summed E-state index contributed by atoms with van der Waals surface area (Å²) in [5, 5.41) is 2.84. The molecule has 0 radical (unpaired) electrons. The van der Waals surface area contributed by atoms with Crippen LogP contribution < -0.4 is 15.8 Å². The number of carbonyl (C=O) groups is 1. The van der Waals surface area contributed by atoms with Crippen molar-refractivity contribution in [3.63, 3.8) is 0 Å². The molecule has 0 aliphatic rings. The highest BCUT2D eigenvalue weighted by Gasteiger charge is 2.14. The van der Waals surface area contributed by atoms with Gasteiger partial charge in [-0.2, -0.15) is 0 Å². The van der Waals surface area contributed by atoms with Crippen molar-refractivity contribution in [1.29, 1.82) is 0 Å². The molecule has 1 amide bonds. The monoisotopic (exact) mass is 250 g/mol.